The van der Waals surface area contributed by atoms with Crippen molar-refractivity contribution in [2.45, 2.75) is 25.3 Å². The van der Waals surface area contributed by atoms with Crippen molar-refractivity contribution in [1.29, 1.82) is 0 Å². The van der Waals surface area contributed by atoms with Gasteiger partial charge in [0, 0.05) is 18.2 Å². The van der Waals surface area contributed by atoms with E-state index in [4.69, 9.17) is 4.74 Å². The van der Waals surface area contributed by atoms with Gasteiger partial charge in [-0.25, -0.2) is 4.79 Å². The fourth-order valence-corrected chi connectivity index (χ4v) is 3.82. The number of nitrogens with zero attached hydrogens (tertiary/aromatic N) is 1. The van der Waals surface area contributed by atoms with Crippen LogP contribution in [0.2, 0.25) is 0 Å². The molecule has 0 aliphatic carbocycles. The molecule has 0 radical (unpaired) electrons. The number of carbonyl (C=O) groups is 2. The summed E-state index contributed by atoms with van der Waals surface area (Å²) < 4.78 is 5.33. The van der Waals surface area contributed by atoms with E-state index in [9.17, 15) is 19.8 Å². The number of aromatic hydroxyl groups is 1. The van der Waals surface area contributed by atoms with E-state index in [2.05, 4.69) is 0 Å². The van der Waals surface area contributed by atoms with Crippen molar-refractivity contribution in [3.63, 3.8) is 0 Å². The molecule has 2 atom stereocenters. The van der Waals surface area contributed by atoms with Gasteiger partial charge in [-0.2, -0.15) is 0 Å². The van der Waals surface area contributed by atoms with Crippen molar-refractivity contribution >= 4 is 23.6 Å². The molecule has 0 bridgehead atoms. The summed E-state index contributed by atoms with van der Waals surface area (Å²) >= 11 is 1.32. The number of benzene rings is 1. The molecule has 2 rings (SSSR count). The average molecular weight is 311 g/mol. The van der Waals surface area contributed by atoms with Crippen LogP contribution in [0.1, 0.15) is 24.8 Å². The molecule has 0 saturated carbocycles. The maximum absolute atomic E-state index is 11.8. The summed E-state index contributed by atoms with van der Waals surface area (Å²) in [6, 6.07) is 4.14. The average Bonchev–Trinajstić information content (AvgIpc) is 2.86. The minimum absolute atomic E-state index is 0.0471. The summed E-state index contributed by atoms with van der Waals surface area (Å²) in [7, 11) is 0. The van der Waals surface area contributed by atoms with Crippen LogP contribution < -0.4 is 4.74 Å². The number of phenolic OH excluding ortho intramolecular Hbond substituents is 1. The lowest BCUT2D eigenvalue weighted by Crippen LogP contribution is -2.41. The highest BCUT2D eigenvalue weighted by Gasteiger charge is 2.42. The van der Waals surface area contributed by atoms with Crippen molar-refractivity contribution in [1.82, 2.24) is 4.90 Å². The quantitative estimate of drug-likeness (QED) is 0.882. The lowest BCUT2D eigenvalue weighted by atomic mass is 10.1. The summed E-state index contributed by atoms with van der Waals surface area (Å²) in [6.45, 7) is 3.54. The number of carboxylic acid groups (broad SMARTS) is 1. The summed E-state index contributed by atoms with van der Waals surface area (Å²) in [4.78, 5) is 24.3. The lowest BCUT2D eigenvalue weighted by molar-refractivity contribution is -0.148. The Morgan fingerprint density at radius 2 is 2.19 bits per heavy atom. The van der Waals surface area contributed by atoms with Gasteiger partial charge in [0.15, 0.2) is 11.5 Å². The fourth-order valence-electron chi connectivity index (χ4n) is 2.33. The van der Waals surface area contributed by atoms with Crippen LogP contribution >= 0.6 is 11.8 Å². The molecular formula is C14H17NO5S. The van der Waals surface area contributed by atoms with Gasteiger partial charge in [0.2, 0.25) is 5.91 Å². The first-order valence-corrected chi connectivity index (χ1v) is 7.60. The number of hydrogen-bond acceptors (Lipinski definition) is 5. The van der Waals surface area contributed by atoms with Crippen LogP contribution in [0.3, 0.4) is 0 Å². The van der Waals surface area contributed by atoms with Gasteiger partial charge >= 0.3 is 5.97 Å². The number of rotatable bonds is 4. The van der Waals surface area contributed by atoms with E-state index in [1.807, 2.05) is 0 Å². The minimum atomic E-state index is -1.04. The van der Waals surface area contributed by atoms with E-state index in [1.54, 1.807) is 25.1 Å². The van der Waals surface area contributed by atoms with Gasteiger partial charge in [0.1, 0.15) is 11.4 Å². The molecule has 2 unspecified atom stereocenters. The highest BCUT2D eigenvalue weighted by molar-refractivity contribution is 7.99. The first-order valence-electron chi connectivity index (χ1n) is 6.55. The third kappa shape index (κ3) is 2.92. The normalized spacial score (nSPS) is 21.3. The molecule has 21 heavy (non-hydrogen) atoms. The molecule has 0 spiro atoms. The molecule has 1 heterocycles. The monoisotopic (exact) mass is 311 g/mol. The molecule has 6 nitrogen and oxygen atoms in total. The van der Waals surface area contributed by atoms with Gasteiger partial charge in [-0.1, -0.05) is 12.1 Å². The third-order valence-electron chi connectivity index (χ3n) is 3.25. The Bertz CT molecular complexity index is 562. The lowest BCUT2D eigenvalue weighted by Gasteiger charge is -2.27. The molecular weight excluding hydrogens is 294 g/mol. The first kappa shape index (κ1) is 15.5. The van der Waals surface area contributed by atoms with Crippen molar-refractivity contribution in [2.24, 2.45) is 0 Å². The summed E-state index contributed by atoms with van der Waals surface area (Å²) in [5.41, 5.74) is 0.491. The van der Waals surface area contributed by atoms with E-state index >= 15 is 0 Å². The van der Waals surface area contributed by atoms with E-state index in [0.717, 1.165) is 0 Å². The molecule has 1 fully saturated rings. The zero-order valence-corrected chi connectivity index (χ0v) is 12.6. The van der Waals surface area contributed by atoms with Crippen molar-refractivity contribution in [3.05, 3.63) is 23.8 Å². The molecule has 1 aromatic carbocycles. The number of phenols is 1. The molecule has 7 heteroatoms. The van der Waals surface area contributed by atoms with Crippen LogP contribution in [0.25, 0.3) is 0 Å². The Morgan fingerprint density at radius 3 is 2.76 bits per heavy atom. The highest BCUT2D eigenvalue weighted by atomic mass is 32.2. The topological polar surface area (TPSA) is 87.1 Å². The maximum atomic E-state index is 11.8. The van der Waals surface area contributed by atoms with Gasteiger partial charge in [-0.3, -0.25) is 4.79 Å². The molecule has 2 N–H and O–H groups in total. The SMILES string of the molecule is CCOc1cccc(C2SCC(C(=O)O)N2C(C)=O)c1O. The number of para-hydroxylation sites is 1. The Morgan fingerprint density at radius 1 is 1.48 bits per heavy atom. The number of amides is 1. The van der Waals surface area contributed by atoms with E-state index in [-0.39, 0.29) is 17.4 Å². The number of thioether (sulfide) groups is 1. The molecule has 114 valence electrons. The number of hydrogen-bond donors (Lipinski definition) is 2. The zero-order chi connectivity index (χ0) is 15.6. The Kier molecular flexibility index (Phi) is 4.62. The molecule has 1 saturated heterocycles. The maximum Gasteiger partial charge on any atom is 0.327 e. The van der Waals surface area contributed by atoms with Crippen LogP contribution in [-0.2, 0) is 9.59 Å². The number of ether oxygens (including phenoxy) is 1. The predicted octanol–water partition coefficient (Wildman–Crippen LogP) is 1.84. The van der Waals surface area contributed by atoms with Gasteiger partial charge in [-0.15, -0.1) is 11.8 Å². The number of carboxylic acids is 1. The number of carbonyl (C=O) groups excluding carboxylic acids is 1. The van der Waals surface area contributed by atoms with E-state index in [0.29, 0.717) is 17.9 Å². The fraction of sp³-hybridized carbons (Fsp3) is 0.429. The third-order valence-corrected chi connectivity index (χ3v) is 4.55. The molecule has 0 aromatic heterocycles. The summed E-state index contributed by atoms with van der Waals surface area (Å²) in [5.74, 6) is -0.802. The van der Waals surface area contributed by atoms with E-state index < -0.39 is 17.4 Å². The summed E-state index contributed by atoms with van der Waals surface area (Å²) in [5, 5.41) is 19.0. The molecule has 1 amide bonds. The second kappa shape index (κ2) is 6.26. The second-order valence-electron chi connectivity index (χ2n) is 4.59. The van der Waals surface area contributed by atoms with Gasteiger partial charge in [0.25, 0.3) is 0 Å². The smallest absolute Gasteiger partial charge is 0.327 e. The zero-order valence-electron chi connectivity index (χ0n) is 11.8. The van der Waals surface area contributed by atoms with Gasteiger partial charge in [-0.05, 0) is 13.0 Å². The van der Waals surface area contributed by atoms with Gasteiger partial charge in [0.05, 0.1) is 6.61 Å². The highest BCUT2D eigenvalue weighted by Crippen LogP contribution is 2.46. The van der Waals surface area contributed by atoms with Crippen LogP contribution in [0.4, 0.5) is 0 Å². The second-order valence-corrected chi connectivity index (χ2v) is 5.71. The summed E-state index contributed by atoms with van der Waals surface area (Å²) in [6.07, 6.45) is 0. The van der Waals surface area contributed by atoms with Crippen molar-refractivity contribution < 1.29 is 24.5 Å². The number of aliphatic carboxylic acids is 1. The molecule has 1 aromatic rings. The van der Waals surface area contributed by atoms with Crippen LogP contribution in [0.5, 0.6) is 11.5 Å². The van der Waals surface area contributed by atoms with Crippen LogP contribution in [-0.4, -0.2) is 45.4 Å². The Labute approximate surface area is 126 Å². The largest absolute Gasteiger partial charge is 0.504 e. The minimum Gasteiger partial charge on any atom is -0.504 e. The molecule has 1 aliphatic heterocycles. The first-order chi connectivity index (χ1) is 9.97. The van der Waals surface area contributed by atoms with E-state index in [1.165, 1.54) is 23.6 Å². The Hall–Kier alpha value is -1.89. The standard InChI is InChI=1S/C14H17NO5S/c1-3-20-11-6-4-5-9(12(11)17)13-15(8(2)16)10(7-21-13)14(18)19/h4-6,10,13,17H,3,7H2,1-2H3,(H,18,19). The van der Waals surface area contributed by atoms with Crippen LogP contribution in [0, 0.1) is 0 Å². The van der Waals surface area contributed by atoms with Gasteiger partial charge < -0.3 is 19.8 Å². The predicted molar refractivity (Wildman–Crippen MR) is 78.4 cm³/mol. The van der Waals surface area contributed by atoms with Crippen LogP contribution in [0.15, 0.2) is 18.2 Å². The Balaban J connectivity index is 2.39. The van der Waals surface area contributed by atoms with Crippen molar-refractivity contribution in [3.8, 4) is 11.5 Å². The van der Waals surface area contributed by atoms with Crippen molar-refractivity contribution in [2.75, 3.05) is 12.4 Å². The molecule has 1 aliphatic rings.